The molecule has 0 radical (unpaired) electrons. The van der Waals surface area contributed by atoms with Crippen LogP contribution in [0, 0.1) is 0 Å². The van der Waals surface area contributed by atoms with E-state index in [9.17, 15) is 9.59 Å². The van der Waals surface area contributed by atoms with Crippen LogP contribution in [0.3, 0.4) is 0 Å². The van der Waals surface area contributed by atoms with E-state index in [2.05, 4.69) is 20.2 Å². The van der Waals surface area contributed by atoms with Crippen molar-refractivity contribution in [1.29, 1.82) is 0 Å². The summed E-state index contributed by atoms with van der Waals surface area (Å²) < 4.78 is 5.76. The number of nitrogens with zero attached hydrogens (tertiary/aromatic N) is 3. The maximum atomic E-state index is 12.9. The van der Waals surface area contributed by atoms with Crippen LogP contribution in [0.5, 0.6) is 0 Å². The number of piperazine rings is 1. The Balaban J connectivity index is 1.45. The number of nitrogens with one attached hydrogen (secondary N) is 2. The average Bonchev–Trinajstić information content (AvgIpc) is 2.68. The number of aromatic amines is 1. The van der Waals surface area contributed by atoms with E-state index >= 15 is 0 Å². The van der Waals surface area contributed by atoms with E-state index in [-0.39, 0.29) is 17.5 Å². The van der Waals surface area contributed by atoms with Crippen LogP contribution in [-0.2, 0) is 16.1 Å². The molecular formula is C19H25N5O3. The van der Waals surface area contributed by atoms with Crippen LogP contribution in [0.1, 0.15) is 12.7 Å². The first-order valence-electron chi connectivity index (χ1n) is 9.45. The van der Waals surface area contributed by atoms with Crippen LogP contribution in [0.15, 0.2) is 29.1 Å². The molecule has 8 nitrogen and oxygen atoms in total. The number of morpholine rings is 1. The number of carbonyl (C=O) groups excluding carboxylic acids is 1. The summed E-state index contributed by atoms with van der Waals surface area (Å²) in [5.41, 5.74) is 0.554. The van der Waals surface area contributed by atoms with Crippen LogP contribution in [0.25, 0.3) is 10.9 Å². The van der Waals surface area contributed by atoms with Crippen LogP contribution >= 0.6 is 0 Å². The molecule has 0 bridgehead atoms. The molecule has 2 atom stereocenters. The number of aromatic nitrogens is 2. The zero-order valence-corrected chi connectivity index (χ0v) is 15.5. The topological polar surface area (TPSA) is 90.6 Å². The van der Waals surface area contributed by atoms with Gasteiger partial charge in [-0.15, -0.1) is 0 Å². The highest BCUT2D eigenvalue weighted by molar-refractivity contribution is 5.81. The predicted molar refractivity (Wildman–Crippen MR) is 101 cm³/mol. The Bertz CT molecular complexity index is 883. The van der Waals surface area contributed by atoms with E-state index in [1.807, 2.05) is 30.0 Å². The van der Waals surface area contributed by atoms with Crippen molar-refractivity contribution < 1.29 is 9.53 Å². The van der Waals surface area contributed by atoms with E-state index in [0.717, 1.165) is 13.1 Å². The van der Waals surface area contributed by atoms with Gasteiger partial charge in [0.1, 0.15) is 11.9 Å². The lowest BCUT2D eigenvalue weighted by Crippen LogP contribution is -2.58. The van der Waals surface area contributed by atoms with Crippen molar-refractivity contribution >= 4 is 16.8 Å². The first kappa shape index (κ1) is 18.1. The van der Waals surface area contributed by atoms with Gasteiger partial charge in [-0.2, -0.15) is 0 Å². The van der Waals surface area contributed by atoms with Gasteiger partial charge in [-0.05, 0) is 19.1 Å². The lowest BCUT2D eigenvalue weighted by Gasteiger charge is -2.39. The van der Waals surface area contributed by atoms with Crippen molar-refractivity contribution in [3.05, 3.63) is 40.4 Å². The Morgan fingerprint density at radius 2 is 2.19 bits per heavy atom. The minimum Gasteiger partial charge on any atom is -0.366 e. The Labute approximate surface area is 157 Å². The second-order valence-corrected chi connectivity index (χ2v) is 7.21. The SMILES string of the molecule is C[C@H]1CNCCN1C(=O)[C@@H]1CN(Cc2nc3ccccc3c(=O)[nH]2)CCO1. The molecule has 0 aliphatic carbocycles. The smallest absolute Gasteiger partial charge is 0.258 e. The van der Waals surface area contributed by atoms with Crippen LogP contribution in [0.2, 0.25) is 0 Å². The van der Waals surface area contributed by atoms with Gasteiger partial charge in [0.2, 0.25) is 0 Å². The molecule has 2 aliphatic heterocycles. The number of ether oxygens (including phenoxy) is 1. The van der Waals surface area contributed by atoms with Gasteiger partial charge >= 0.3 is 0 Å². The van der Waals surface area contributed by atoms with Gasteiger partial charge < -0.3 is 19.9 Å². The number of H-pyrrole nitrogens is 1. The minimum atomic E-state index is -0.466. The van der Waals surface area contributed by atoms with Crippen molar-refractivity contribution in [3.63, 3.8) is 0 Å². The van der Waals surface area contributed by atoms with Crippen LogP contribution < -0.4 is 10.9 Å². The third-order valence-corrected chi connectivity index (χ3v) is 5.25. The largest absolute Gasteiger partial charge is 0.366 e. The third kappa shape index (κ3) is 3.87. The number of amides is 1. The number of fused-ring (bicyclic) bond motifs is 1. The molecule has 4 rings (SSSR count). The van der Waals surface area contributed by atoms with Crippen molar-refractivity contribution in [2.24, 2.45) is 0 Å². The summed E-state index contributed by atoms with van der Waals surface area (Å²) in [4.78, 5) is 36.6. The second-order valence-electron chi connectivity index (χ2n) is 7.21. The number of para-hydroxylation sites is 1. The van der Waals surface area contributed by atoms with E-state index in [4.69, 9.17) is 4.74 Å². The van der Waals surface area contributed by atoms with Gasteiger partial charge in [-0.3, -0.25) is 14.5 Å². The molecular weight excluding hydrogens is 346 g/mol. The fourth-order valence-corrected chi connectivity index (χ4v) is 3.77. The lowest BCUT2D eigenvalue weighted by molar-refractivity contribution is -0.152. The van der Waals surface area contributed by atoms with Gasteiger partial charge in [0.25, 0.3) is 11.5 Å². The minimum absolute atomic E-state index is 0.0497. The van der Waals surface area contributed by atoms with Crippen molar-refractivity contribution in [2.45, 2.75) is 25.6 Å². The summed E-state index contributed by atoms with van der Waals surface area (Å²) >= 11 is 0. The summed E-state index contributed by atoms with van der Waals surface area (Å²) in [6.45, 7) is 6.58. The quantitative estimate of drug-likeness (QED) is 0.786. The van der Waals surface area contributed by atoms with Crippen molar-refractivity contribution in [3.8, 4) is 0 Å². The molecule has 2 N–H and O–H groups in total. The molecule has 2 aromatic rings. The number of benzene rings is 1. The number of hydrogen-bond acceptors (Lipinski definition) is 6. The predicted octanol–water partition coefficient (Wildman–Crippen LogP) is -0.0558. The first-order valence-corrected chi connectivity index (χ1v) is 9.45. The molecule has 8 heteroatoms. The molecule has 1 aromatic carbocycles. The average molecular weight is 371 g/mol. The highest BCUT2D eigenvalue weighted by atomic mass is 16.5. The number of hydrogen-bond donors (Lipinski definition) is 2. The van der Waals surface area contributed by atoms with Gasteiger partial charge in [-0.25, -0.2) is 4.98 Å². The lowest BCUT2D eigenvalue weighted by atomic mass is 10.1. The van der Waals surface area contributed by atoms with E-state index in [0.29, 0.717) is 49.5 Å². The molecule has 27 heavy (non-hydrogen) atoms. The molecule has 3 heterocycles. The monoisotopic (exact) mass is 371 g/mol. The standard InChI is InChI=1S/C19H25N5O3/c1-13-10-20-6-7-24(13)19(26)16-11-23(8-9-27-16)12-17-21-15-5-3-2-4-14(15)18(25)22-17/h2-5,13,16,20H,6-12H2,1H3,(H,21,22,25)/t13-,16-/m0/s1. The van der Waals surface area contributed by atoms with Crippen LogP contribution in [-0.4, -0.2) is 77.2 Å². The van der Waals surface area contributed by atoms with Gasteiger partial charge in [0.05, 0.1) is 24.1 Å². The second kappa shape index (κ2) is 7.75. The molecule has 1 aromatic heterocycles. The first-order chi connectivity index (χ1) is 13.1. The summed E-state index contributed by atoms with van der Waals surface area (Å²) in [6.07, 6.45) is -0.466. The highest BCUT2D eigenvalue weighted by Gasteiger charge is 2.33. The maximum Gasteiger partial charge on any atom is 0.258 e. The van der Waals surface area contributed by atoms with Gasteiger partial charge in [0, 0.05) is 38.8 Å². The molecule has 144 valence electrons. The van der Waals surface area contributed by atoms with Gasteiger partial charge in [-0.1, -0.05) is 12.1 Å². The summed E-state index contributed by atoms with van der Waals surface area (Å²) in [7, 11) is 0. The molecule has 2 fully saturated rings. The number of carbonyl (C=O) groups is 1. The molecule has 2 aliphatic rings. The van der Waals surface area contributed by atoms with Crippen molar-refractivity contribution in [2.75, 3.05) is 39.3 Å². The zero-order valence-electron chi connectivity index (χ0n) is 15.5. The molecule has 0 unspecified atom stereocenters. The summed E-state index contributed by atoms with van der Waals surface area (Å²) in [6, 6.07) is 7.48. The molecule has 0 spiro atoms. The Morgan fingerprint density at radius 3 is 3.04 bits per heavy atom. The van der Waals surface area contributed by atoms with E-state index < -0.39 is 6.10 Å². The molecule has 1 amide bonds. The Morgan fingerprint density at radius 1 is 1.33 bits per heavy atom. The Kier molecular flexibility index (Phi) is 5.20. The molecule has 2 saturated heterocycles. The molecule has 0 saturated carbocycles. The van der Waals surface area contributed by atoms with E-state index in [1.165, 1.54) is 0 Å². The Hall–Kier alpha value is -2.29. The van der Waals surface area contributed by atoms with Gasteiger partial charge in [0.15, 0.2) is 0 Å². The highest BCUT2D eigenvalue weighted by Crippen LogP contribution is 2.14. The third-order valence-electron chi connectivity index (χ3n) is 5.25. The van der Waals surface area contributed by atoms with E-state index in [1.54, 1.807) is 6.07 Å². The number of rotatable bonds is 3. The maximum absolute atomic E-state index is 12.9. The fourth-order valence-electron chi connectivity index (χ4n) is 3.77. The summed E-state index contributed by atoms with van der Waals surface area (Å²) in [5.74, 6) is 0.663. The van der Waals surface area contributed by atoms with Crippen LogP contribution in [0.4, 0.5) is 0 Å². The zero-order chi connectivity index (χ0) is 18.8. The fraction of sp³-hybridized carbons (Fsp3) is 0.526. The van der Waals surface area contributed by atoms with Crippen molar-refractivity contribution in [1.82, 2.24) is 25.1 Å². The normalized spacial score (nSPS) is 24.3. The summed E-state index contributed by atoms with van der Waals surface area (Å²) in [5, 5.41) is 3.88.